The lowest BCUT2D eigenvalue weighted by Gasteiger charge is -2.17. The molecule has 3 aromatic rings. The standard InChI is InChI=1S/C17H17N7O2/c1-10-4-15-20-9-14(16(11(2)26-3)24(15)23-10)22-17(25)21-13-5-12(6-18)7-19-8-13/h4-5,7-9,11H,1-3H3,(H2,21,22,25)/t11-/m0/s1. The molecule has 0 unspecified atom stereocenters. The molecule has 3 rings (SSSR count). The Bertz CT molecular complexity index is 1010. The molecule has 0 saturated carbocycles. The molecule has 0 fully saturated rings. The highest BCUT2D eigenvalue weighted by Gasteiger charge is 2.18. The van der Waals surface area contributed by atoms with Gasteiger partial charge in [0, 0.05) is 19.4 Å². The van der Waals surface area contributed by atoms with Gasteiger partial charge in [0.05, 0.1) is 46.8 Å². The Morgan fingerprint density at radius 1 is 1.31 bits per heavy atom. The van der Waals surface area contributed by atoms with Crippen molar-refractivity contribution in [2.75, 3.05) is 17.7 Å². The zero-order valence-electron chi connectivity index (χ0n) is 14.5. The van der Waals surface area contributed by atoms with Gasteiger partial charge in [0.25, 0.3) is 0 Å². The summed E-state index contributed by atoms with van der Waals surface area (Å²) in [5, 5.41) is 18.7. The van der Waals surface area contributed by atoms with Crippen LogP contribution in [0.25, 0.3) is 5.65 Å². The number of ether oxygens (including phenoxy) is 1. The first-order chi connectivity index (χ1) is 12.5. The van der Waals surface area contributed by atoms with Gasteiger partial charge in [0.15, 0.2) is 5.65 Å². The number of methoxy groups -OCH3 is 1. The molecule has 0 aliphatic heterocycles. The van der Waals surface area contributed by atoms with E-state index in [0.29, 0.717) is 28.3 Å². The zero-order chi connectivity index (χ0) is 18.7. The van der Waals surface area contributed by atoms with Crippen LogP contribution in [0.1, 0.15) is 30.0 Å². The summed E-state index contributed by atoms with van der Waals surface area (Å²) < 4.78 is 7.07. The number of hydrogen-bond donors (Lipinski definition) is 2. The molecular formula is C17H17N7O2. The van der Waals surface area contributed by atoms with E-state index in [2.05, 4.69) is 25.7 Å². The van der Waals surface area contributed by atoms with Gasteiger partial charge < -0.3 is 15.4 Å². The highest BCUT2D eigenvalue weighted by atomic mass is 16.5. The number of aromatic nitrogens is 4. The smallest absolute Gasteiger partial charge is 0.323 e. The highest BCUT2D eigenvalue weighted by Crippen LogP contribution is 2.25. The Kier molecular flexibility index (Phi) is 4.77. The first-order valence-corrected chi connectivity index (χ1v) is 7.83. The summed E-state index contributed by atoms with van der Waals surface area (Å²) in [4.78, 5) is 20.6. The van der Waals surface area contributed by atoms with E-state index in [1.165, 1.54) is 18.5 Å². The molecule has 0 aliphatic carbocycles. The number of fused-ring (bicyclic) bond motifs is 1. The van der Waals surface area contributed by atoms with E-state index in [9.17, 15) is 4.79 Å². The molecule has 0 radical (unpaired) electrons. The predicted molar refractivity (Wildman–Crippen MR) is 94.7 cm³/mol. The lowest BCUT2D eigenvalue weighted by molar-refractivity contribution is 0.114. The van der Waals surface area contributed by atoms with Crippen LogP contribution in [0.5, 0.6) is 0 Å². The molecule has 2 amide bonds. The number of carbonyl (C=O) groups excluding carboxylic acids is 1. The minimum atomic E-state index is -0.489. The van der Waals surface area contributed by atoms with Gasteiger partial charge in [0.2, 0.25) is 0 Å². The third-order valence-electron chi connectivity index (χ3n) is 3.75. The van der Waals surface area contributed by atoms with Crippen LogP contribution in [-0.4, -0.2) is 32.7 Å². The largest absolute Gasteiger partial charge is 0.375 e. The third kappa shape index (κ3) is 3.45. The molecule has 26 heavy (non-hydrogen) atoms. The minimum absolute atomic E-state index is 0.321. The fraction of sp³-hybridized carbons (Fsp3) is 0.235. The number of carbonyl (C=O) groups is 1. The lowest BCUT2D eigenvalue weighted by atomic mass is 10.2. The zero-order valence-corrected chi connectivity index (χ0v) is 14.5. The summed E-state index contributed by atoms with van der Waals surface area (Å²) >= 11 is 0. The van der Waals surface area contributed by atoms with Crippen molar-refractivity contribution < 1.29 is 9.53 Å². The summed E-state index contributed by atoms with van der Waals surface area (Å²) in [6.07, 6.45) is 4.11. The summed E-state index contributed by atoms with van der Waals surface area (Å²) in [6, 6.07) is 4.86. The SMILES string of the molecule is CO[C@@H](C)c1c(NC(=O)Nc2cncc(C#N)c2)cnc2cc(C)nn12. The van der Waals surface area contributed by atoms with E-state index in [1.54, 1.807) is 17.8 Å². The number of rotatable bonds is 4. The normalized spacial score (nSPS) is 11.8. The minimum Gasteiger partial charge on any atom is -0.375 e. The molecule has 9 heteroatoms. The number of anilines is 2. The molecule has 2 N–H and O–H groups in total. The third-order valence-corrected chi connectivity index (χ3v) is 3.75. The Balaban J connectivity index is 1.90. The van der Waals surface area contributed by atoms with Crippen LogP contribution < -0.4 is 10.6 Å². The molecule has 0 aliphatic rings. The van der Waals surface area contributed by atoms with E-state index in [-0.39, 0.29) is 6.10 Å². The van der Waals surface area contributed by atoms with Gasteiger partial charge in [-0.2, -0.15) is 10.4 Å². The van der Waals surface area contributed by atoms with Crippen molar-refractivity contribution in [2.24, 2.45) is 0 Å². The Hall–Kier alpha value is -3.51. The monoisotopic (exact) mass is 351 g/mol. The van der Waals surface area contributed by atoms with Crippen LogP contribution in [0.3, 0.4) is 0 Å². The van der Waals surface area contributed by atoms with Gasteiger partial charge in [0.1, 0.15) is 6.07 Å². The van der Waals surface area contributed by atoms with Crippen LogP contribution >= 0.6 is 0 Å². The Morgan fingerprint density at radius 3 is 2.85 bits per heavy atom. The van der Waals surface area contributed by atoms with Gasteiger partial charge in [-0.25, -0.2) is 14.3 Å². The maximum atomic E-state index is 12.4. The van der Waals surface area contributed by atoms with Crippen molar-refractivity contribution in [3.63, 3.8) is 0 Å². The van der Waals surface area contributed by atoms with Crippen LogP contribution in [0.4, 0.5) is 16.2 Å². The summed E-state index contributed by atoms with van der Waals surface area (Å²) in [7, 11) is 1.58. The number of urea groups is 1. The molecule has 0 saturated heterocycles. The average molecular weight is 351 g/mol. The summed E-state index contributed by atoms with van der Waals surface area (Å²) in [6.45, 7) is 3.72. The van der Waals surface area contributed by atoms with Crippen molar-refractivity contribution in [1.29, 1.82) is 5.26 Å². The molecule has 1 atom stereocenters. The molecule has 132 valence electrons. The summed E-state index contributed by atoms with van der Waals surface area (Å²) in [5.74, 6) is 0. The quantitative estimate of drug-likeness (QED) is 0.746. The second-order valence-electron chi connectivity index (χ2n) is 5.64. The maximum Gasteiger partial charge on any atom is 0.323 e. The Labute approximate surface area is 149 Å². The van der Waals surface area contributed by atoms with Crippen LogP contribution in [-0.2, 0) is 4.74 Å². The van der Waals surface area contributed by atoms with Gasteiger partial charge in [-0.15, -0.1) is 0 Å². The van der Waals surface area contributed by atoms with Crippen molar-refractivity contribution in [3.05, 3.63) is 47.7 Å². The number of aryl methyl sites for hydroxylation is 1. The molecule has 3 aromatic heterocycles. The van der Waals surface area contributed by atoms with Gasteiger partial charge in [-0.3, -0.25) is 4.98 Å². The molecular weight excluding hydrogens is 334 g/mol. The number of hydrogen-bond acceptors (Lipinski definition) is 6. The highest BCUT2D eigenvalue weighted by molar-refractivity contribution is 6.00. The average Bonchev–Trinajstić information content (AvgIpc) is 3.01. The first kappa shape index (κ1) is 17.3. The molecule has 0 spiro atoms. The lowest BCUT2D eigenvalue weighted by Crippen LogP contribution is -2.22. The molecule has 9 nitrogen and oxygen atoms in total. The number of nitriles is 1. The van der Waals surface area contributed by atoms with Gasteiger partial charge in [-0.05, 0) is 19.9 Å². The van der Waals surface area contributed by atoms with Crippen molar-refractivity contribution in [3.8, 4) is 6.07 Å². The fourth-order valence-electron chi connectivity index (χ4n) is 2.52. The van der Waals surface area contributed by atoms with E-state index in [0.717, 1.165) is 5.69 Å². The van der Waals surface area contributed by atoms with Crippen LogP contribution in [0.15, 0.2) is 30.7 Å². The number of pyridine rings is 1. The van der Waals surface area contributed by atoms with E-state index in [4.69, 9.17) is 10.00 Å². The number of nitrogens with one attached hydrogen (secondary N) is 2. The second-order valence-corrected chi connectivity index (χ2v) is 5.64. The maximum absolute atomic E-state index is 12.4. The van der Waals surface area contributed by atoms with E-state index < -0.39 is 6.03 Å². The van der Waals surface area contributed by atoms with Gasteiger partial charge in [-0.1, -0.05) is 0 Å². The summed E-state index contributed by atoms with van der Waals surface area (Å²) in [5.41, 5.74) is 3.38. The van der Waals surface area contributed by atoms with Crippen molar-refractivity contribution in [1.82, 2.24) is 19.6 Å². The number of amides is 2. The topological polar surface area (TPSA) is 117 Å². The van der Waals surface area contributed by atoms with E-state index >= 15 is 0 Å². The second kappa shape index (κ2) is 7.16. The Morgan fingerprint density at radius 2 is 2.12 bits per heavy atom. The van der Waals surface area contributed by atoms with Crippen LogP contribution in [0.2, 0.25) is 0 Å². The van der Waals surface area contributed by atoms with Crippen LogP contribution in [0, 0.1) is 18.3 Å². The molecule has 3 heterocycles. The number of nitrogens with zero attached hydrogens (tertiary/aromatic N) is 5. The van der Waals surface area contributed by atoms with Gasteiger partial charge >= 0.3 is 6.03 Å². The first-order valence-electron chi connectivity index (χ1n) is 7.83. The predicted octanol–water partition coefficient (Wildman–Crippen LogP) is 2.66. The fourth-order valence-corrected chi connectivity index (χ4v) is 2.52. The molecule has 0 bridgehead atoms. The molecule has 0 aromatic carbocycles. The van der Waals surface area contributed by atoms with E-state index in [1.807, 2.05) is 26.0 Å². The van der Waals surface area contributed by atoms with Crippen molar-refractivity contribution in [2.45, 2.75) is 20.0 Å². The van der Waals surface area contributed by atoms with Crippen molar-refractivity contribution >= 4 is 23.1 Å².